The second kappa shape index (κ2) is 12.0. The van der Waals surface area contributed by atoms with Crippen LogP contribution in [-0.4, -0.2) is 56.4 Å². The Kier molecular flexibility index (Phi) is 8.78. The van der Waals surface area contributed by atoms with E-state index in [2.05, 4.69) is 15.0 Å². The fourth-order valence-corrected chi connectivity index (χ4v) is 6.69. The Hall–Kier alpha value is -3.51. The maximum absolute atomic E-state index is 14.3. The van der Waals surface area contributed by atoms with Crippen LogP contribution in [0, 0.1) is 17.0 Å². The van der Waals surface area contributed by atoms with Crippen molar-refractivity contribution in [1.29, 1.82) is 0 Å². The molecule has 2 aromatic heterocycles. The molecule has 0 bridgehead atoms. The number of ketones is 2. The Labute approximate surface area is 257 Å². The van der Waals surface area contributed by atoms with Crippen molar-refractivity contribution < 1.29 is 41.2 Å². The van der Waals surface area contributed by atoms with E-state index in [9.17, 15) is 36.6 Å². The van der Waals surface area contributed by atoms with Gasteiger partial charge in [-0.3, -0.25) is 19.5 Å². The fourth-order valence-electron chi connectivity index (χ4n) is 6.69. The van der Waals surface area contributed by atoms with Gasteiger partial charge in [-0.2, -0.15) is 13.2 Å². The van der Waals surface area contributed by atoms with Crippen molar-refractivity contribution in [1.82, 2.24) is 15.0 Å². The lowest BCUT2D eigenvalue weighted by Crippen LogP contribution is -2.62. The SMILES string of the molecule is CC1(O)CCC(N2CC(CC(=O)CC(C)(C)c3ccnc(C(F)(F)F)c3)(CC(=O)c3cc(-c4ccc(F)cc4F)on3)C2)CC1. The maximum atomic E-state index is 14.3. The van der Waals surface area contributed by atoms with Crippen molar-refractivity contribution >= 4 is 11.6 Å². The van der Waals surface area contributed by atoms with E-state index in [4.69, 9.17) is 4.52 Å². The van der Waals surface area contributed by atoms with Crippen LogP contribution in [0.4, 0.5) is 22.0 Å². The van der Waals surface area contributed by atoms with Crippen LogP contribution in [-0.2, 0) is 16.4 Å². The predicted molar refractivity (Wildman–Crippen MR) is 154 cm³/mol. The Morgan fingerprint density at radius 1 is 1.04 bits per heavy atom. The minimum absolute atomic E-state index is 0.0254. The molecule has 5 rings (SSSR count). The highest BCUT2D eigenvalue weighted by Crippen LogP contribution is 2.44. The summed E-state index contributed by atoms with van der Waals surface area (Å²) < 4.78 is 72.8. The predicted octanol–water partition coefficient (Wildman–Crippen LogP) is 6.93. The molecule has 0 spiro atoms. The summed E-state index contributed by atoms with van der Waals surface area (Å²) in [6.45, 7) is 6.10. The number of hydrogen-bond acceptors (Lipinski definition) is 7. The third kappa shape index (κ3) is 7.49. The van der Waals surface area contributed by atoms with E-state index in [-0.39, 0.29) is 48.1 Å². The van der Waals surface area contributed by atoms with Gasteiger partial charge in [0.25, 0.3) is 0 Å². The van der Waals surface area contributed by atoms with Crippen LogP contribution >= 0.6 is 0 Å². The number of benzene rings is 1. The number of likely N-dealkylation sites (tertiary alicyclic amines) is 1. The number of carbonyl (C=O) groups excluding carboxylic acids is 2. The molecule has 2 fully saturated rings. The van der Waals surface area contributed by atoms with Crippen molar-refractivity contribution in [2.24, 2.45) is 5.41 Å². The van der Waals surface area contributed by atoms with Gasteiger partial charge in [-0.1, -0.05) is 19.0 Å². The van der Waals surface area contributed by atoms with Crippen LogP contribution in [0.1, 0.15) is 87.5 Å². The van der Waals surface area contributed by atoms with E-state index in [1.165, 1.54) is 18.2 Å². The third-order valence-corrected chi connectivity index (χ3v) is 9.20. The minimum atomic E-state index is -4.62. The highest BCUT2D eigenvalue weighted by atomic mass is 19.4. The molecule has 7 nitrogen and oxygen atoms in total. The summed E-state index contributed by atoms with van der Waals surface area (Å²) in [6.07, 6.45) is -0.778. The fraction of sp³-hybridized carbons (Fsp3) is 0.515. The molecule has 1 aromatic carbocycles. The van der Waals surface area contributed by atoms with Crippen LogP contribution in [0.5, 0.6) is 0 Å². The molecule has 0 amide bonds. The van der Waals surface area contributed by atoms with Crippen LogP contribution in [0.15, 0.2) is 47.1 Å². The monoisotopic (exact) mass is 633 g/mol. The third-order valence-electron chi connectivity index (χ3n) is 9.20. The van der Waals surface area contributed by atoms with Gasteiger partial charge >= 0.3 is 6.18 Å². The van der Waals surface area contributed by atoms with Crippen molar-refractivity contribution in [2.75, 3.05) is 13.1 Å². The topological polar surface area (TPSA) is 96.5 Å². The zero-order chi connectivity index (χ0) is 32.8. The minimum Gasteiger partial charge on any atom is -0.390 e. The molecule has 1 saturated carbocycles. The molecule has 1 N–H and O–H groups in total. The molecular weight excluding hydrogens is 597 g/mol. The van der Waals surface area contributed by atoms with Gasteiger partial charge in [0, 0.05) is 62.1 Å². The van der Waals surface area contributed by atoms with Gasteiger partial charge < -0.3 is 9.63 Å². The summed E-state index contributed by atoms with van der Waals surface area (Å²) in [5, 5.41) is 14.2. The molecule has 0 radical (unpaired) electrons. The van der Waals surface area contributed by atoms with E-state index < -0.39 is 45.7 Å². The smallest absolute Gasteiger partial charge is 0.390 e. The molecule has 1 aliphatic carbocycles. The number of rotatable bonds is 10. The van der Waals surface area contributed by atoms with Crippen LogP contribution in [0.3, 0.4) is 0 Å². The number of nitrogens with zero attached hydrogens (tertiary/aromatic N) is 3. The molecule has 1 saturated heterocycles. The largest absolute Gasteiger partial charge is 0.433 e. The quantitative estimate of drug-likeness (QED) is 0.191. The van der Waals surface area contributed by atoms with Crippen molar-refractivity contribution in [3.8, 4) is 11.3 Å². The summed E-state index contributed by atoms with van der Waals surface area (Å²) in [6, 6.07) is 6.86. The van der Waals surface area contributed by atoms with Gasteiger partial charge in [-0.15, -0.1) is 0 Å². The zero-order valence-corrected chi connectivity index (χ0v) is 25.4. The molecule has 3 heterocycles. The Morgan fingerprint density at radius 3 is 2.38 bits per heavy atom. The molecule has 3 aromatic rings. The number of alkyl halides is 3. The summed E-state index contributed by atoms with van der Waals surface area (Å²) >= 11 is 0. The average Bonchev–Trinajstić information content (AvgIpc) is 3.41. The molecule has 242 valence electrons. The first-order chi connectivity index (χ1) is 21.0. The molecule has 1 aliphatic heterocycles. The number of carbonyl (C=O) groups is 2. The van der Waals surface area contributed by atoms with Gasteiger partial charge in [0.1, 0.15) is 28.8 Å². The molecule has 0 atom stereocenters. The summed E-state index contributed by atoms with van der Waals surface area (Å²) in [5.74, 6) is -2.27. The van der Waals surface area contributed by atoms with E-state index in [0.29, 0.717) is 37.6 Å². The molecule has 2 aliphatic rings. The maximum Gasteiger partial charge on any atom is 0.433 e. The lowest BCUT2D eigenvalue weighted by Gasteiger charge is -2.55. The van der Waals surface area contributed by atoms with Gasteiger partial charge in [-0.05, 0) is 67.9 Å². The number of pyridine rings is 1. The molecule has 0 unspecified atom stereocenters. The highest BCUT2D eigenvalue weighted by Gasteiger charge is 2.49. The summed E-state index contributed by atoms with van der Waals surface area (Å²) in [5.41, 5.74) is -3.20. The van der Waals surface area contributed by atoms with Gasteiger partial charge in [0.15, 0.2) is 11.5 Å². The van der Waals surface area contributed by atoms with Crippen molar-refractivity contribution in [2.45, 2.75) is 89.0 Å². The van der Waals surface area contributed by atoms with E-state index >= 15 is 0 Å². The number of aromatic nitrogens is 2. The number of halogens is 5. The lowest BCUT2D eigenvalue weighted by atomic mass is 9.68. The number of hydrogen-bond donors (Lipinski definition) is 1. The molecule has 45 heavy (non-hydrogen) atoms. The Bertz CT molecular complexity index is 1570. The first-order valence-corrected chi connectivity index (χ1v) is 14.9. The highest BCUT2D eigenvalue weighted by molar-refractivity contribution is 5.96. The van der Waals surface area contributed by atoms with Gasteiger partial charge in [0.2, 0.25) is 0 Å². The first kappa shape index (κ1) is 32.9. The summed E-state index contributed by atoms with van der Waals surface area (Å²) in [7, 11) is 0. The standard InChI is InChI=1S/C33H36F5N3O4/c1-30(2,20-8-11-39-29(12-20)33(36,37)38)15-23(42)16-32(18-41(19-32)22-6-9-31(3,44)10-7-22)17-27(43)26-14-28(45-40-26)24-5-4-21(34)13-25(24)35/h4-5,8,11-14,22,44H,6-7,9-10,15-19H2,1-3H3. The molecular formula is C33H36F5N3O4. The number of aliphatic hydroxyl groups is 1. The summed E-state index contributed by atoms with van der Waals surface area (Å²) in [4.78, 5) is 32.7. The van der Waals surface area contributed by atoms with Crippen molar-refractivity contribution in [3.05, 3.63) is 71.2 Å². The zero-order valence-electron chi connectivity index (χ0n) is 25.4. The lowest BCUT2D eigenvalue weighted by molar-refractivity contribution is -0.141. The first-order valence-electron chi connectivity index (χ1n) is 14.9. The Morgan fingerprint density at radius 2 is 1.73 bits per heavy atom. The van der Waals surface area contributed by atoms with Gasteiger partial charge in [-0.25, -0.2) is 8.78 Å². The van der Waals surface area contributed by atoms with E-state index in [1.807, 2.05) is 6.92 Å². The normalized spacial score (nSPS) is 22.2. The van der Waals surface area contributed by atoms with E-state index in [1.54, 1.807) is 13.8 Å². The van der Waals surface area contributed by atoms with Crippen LogP contribution < -0.4 is 0 Å². The van der Waals surface area contributed by atoms with Gasteiger partial charge in [0.05, 0.1) is 11.2 Å². The van der Waals surface area contributed by atoms with Crippen molar-refractivity contribution in [3.63, 3.8) is 0 Å². The second-order valence-corrected chi connectivity index (χ2v) is 13.6. The second-order valence-electron chi connectivity index (χ2n) is 13.6. The van der Waals surface area contributed by atoms with Crippen LogP contribution in [0.25, 0.3) is 11.3 Å². The molecule has 12 heteroatoms. The Balaban J connectivity index is 1.32. The number of Topliss-reactive ketones (excluding diaryl/α,β-unsaturated/α-hetero) is 2. The average molecular weight is 634 g/mol. The van der Waals surface area contributed by atoms with Crippen LogP contribution in [0.2, 0.25) is 0 Å². The van der Waals surface area contributed by atoms with E-state index in [0.717, 1.165) is 31.2 Å².